The second-order valence-electron chi connectivity index (χ2n) is 4.98. The van der Waals surface area contributed by atoms with E-state index in [1.807, 2.05) is 12.1 Å². The Balaban J connectivity index is 2.37. The topological polar surface area (TPSA) is 116 Å². The van der Waals surface area contributed by atoms with Crippen molar-refractivity contribution in [3.8, 4) is 0 Å². The maximum Gasteiger partial charge on any atom is 0.330 e. The van der Waals surface area contributed by atoms with Crippen molar-refractivity contribution in [1.82, 2.24) is 5.32 Å². The van der Waals surface area contributed by atoms with Crippen LogP contribution in [-0.2, 0) is 4.79 Å². The van der Waals surface area contributed by atoms with Crippen LogP contribution >= 0.6 is 11.3 Å². The molecule has 0 bridgehead atoms. The number of nitrogens with two attached hydrogens (primary N) is 1. The van der Waals surface area contributed by atoms with Crippen molar-refractivity contribution in [3.05, 3.63) is 58.3 Å². The fourth-order valence-corrected chi connectivity index (χ4v) is 3.65. The van der Waals surface area contributed by atoms with Crippen LogP contribution in [0.3, 0.4) is 0 Å². The number of hydrogen-bond acceptors (Lipinski definition) is 4. The normalized spacial score (nSPS) is 12.2. The van der Waals surface area contributed by atoms with Crippen molar-refractivity contribution in [3.63, 3.8) is 0 Å². The van der Waals surface area contributed by atoms with Crippen molar-refractivity contribution in [2.75, 3.05) is 0 Å². The molecule has 6 nitrogen and oxygen atoms in total. The zero-order chi connectivity index (χ0) is 16.6. The second-order valence-corrected chi connectivity index (χ2v) is 6.06. The van der Waals surface area contributed by atoms with Crippen molar-refractivity contribution < 1.29 is 9.90 Å². The lowest BCUT2D eigenvalue weighted by Gasteiger charge is -2.16. The summed E-state index contributed by atoms with van der Waals surface area (Å²) in [5, 5.41) is 20.0. The molecule has 0 spiro atoms. The average molecular weight is 327 g/mol. The van der Waals surface area contributed by atoms with Crippen molar-refractivity contribution in [2.24, 2.45) is 5.73 Å². The first kappa shape index (κ1) is 15.0. The summed E-state index contributed by atoms with van der Waals surface area (Å²) >= 11 is 1.42. The Morgan fingerprint density at radius 1 is 1.17 bits per heavy atom. The molecule has 0 saturated heterocycles. The molecular weight excluding hydrogens is 314 g/mol. The highest BCUT2D eigenvalue weighted by Crippen LogP contribution is 2.29. The lowest BCUT2D eigenvalue weighted by molar-refractivity contribution is -0.139. The van der Waals surface area contributed by atoms with E-state index in [4.69, 9.17) is 11.1 Å². The Morgan fingerprint density at radius 2 is 1.87 bits per heavy atom. The summed E-state index contributed by atoms with van der Waals surface area (Å²) in [4.78, 5) is 24.4. The maximum atomic E-state index is 12.8. The Kier molecular flexibility index (Phi) is 3.71. The molecule has 1 heterocycles. The predicted octanol–water partition coefficient (Wildman–Crippen LogP) is 2.02. The van der Waals surface area contributed by atoms with E-state index in [0.29, 0.717) is 21.0 Å². The van der Waals surface area contributed by atoms with E-state index in [1.165, 1.54) is 11.3 Å². The minimum absolute atomic E-state index is 0.221. The molecule has 2 aromatic carbocycles. The number of carboxylic acid groups (broad SMARTS) is 1. The smallest absolute Gasteiger partial charge is 0.330 e. The minimum atomic E-state index is -1.25. The highest BCUT2D eigenvalue weighted by atomic mass is 32.1. The van der Waals surface area contributed by atoms with Gasteiger partial charge in [0.25, 0.3) is 0 Å². The standard InChI is InChI=1S/C16H13N3O3S/c17-16(18)19-13(15(21)22)9-5-3-7-11-12(9)14(20)8-4-1-2-6-10(8)23-11/h1-7,13H,(H,21,22)(H4,17,18,19). The SMILES string of the molecule is N=C(N)NC(C(=O)O)c1cccc2sc3ccccc3c(=O)c12. The number of carboxylic acids is 1. The van der Waals surface area contributed by atoms with Crippen LogP contribution in [0.4, 0.5) is 0 Å². The van der Waals surface area contributed by atoms with Gasteiger partial charge in [0.15, 0.2) is 17.4 Å². The van der Waals surface area contributed by atoms with Gasteiger partial charge in [-0.15, -0.1) is 11.3 Å². The molecule has 0 radical (unpaired) electrons. The molecule has 0 fully saturated rings. The number of rotatable bonds is 3. The number of nitrogens with one attached hydrogen (secondary N) is 2. The van der Waals surface area contributed by atoms with Gasteiger partial charge < -0.3 is 16.2 Å². The molecule has 1 atom stereocenters. The first-order chi connectivity index (χ1) is 11.0. The van der Waals surface area contributed by atoms with Gasteiger partial charge in [0, 0.05) is 20.2 Å². The van der Waals surface area contributed by atoms with Gasteiger partial charge in [0.2, 0.25) is 0 Å². The highest BCUT2D eigenvalue weighted by Gasteiger charge is 2.24. The Hall–Kier alpha value is -2.93. The van der Waals surface area contributed by atoms with Crippen LogP contribution in [0, 0.1) is 5.41 Å². The molecular formula is C16H13N3O3S. The summed E-state index contributed by atoms with van der Waals surface area (Å²) in [5.74, 6) is -1.67. The monoisotopic (exact) mass is 327 g/mol. The lowest BCUT2D eigenvalue weighted by Crippen LogP contribution is -2.38. The van der Waals surface area contributed by atoms with Crippen LogP contribution < -0.4 is 16.5 Å². The summed E-state index contributed by atoms with van der Waals surface area (Å²) in [6, 6.07) is 11.0. The lowest BCUT2D eigenvalue weighted by atomic mass is 10.0. The number of carbonyl (C=O) groups is 1. The highest BCUT2D eigenvalue weighted by molar-refractivity contribution is 7.24. The molecule has 23 heavy (non-hydrogen) atoms. The molecule has 5 N–H and O–H groups in total. The van der Waals surface area contributed by atoms with E-state index in [2.05, 4.69) is 5.32 Å². The van der Waals surface area contributed by atoms with Crippen LogP contribution in [0.2, 0.25) is 0 Å². The third-order valence-corrected chi connectivity index (χ3v) is 4.63. The van der Waals surface area contributed by atoms with Crippen LogP contribution in [0.5, 0.6) is 0 Å². The average Bonchev–Trinajstić information content (AvgIpc) is 2.52. The fourth-order valence-electron chi connectivity index (χ4n) is 2.54. The Morgan fingerprint density at radius 3 is 2.57 bits per heavy atom. The van der Waals surface area contributed by atoms with Gasteiger partial charge >= 0.3 is 5.97 Å². The number of hydrogen-bond donors (Lipinski definition) is 4. The molecule has 0 aliphatic heterocycles. The zero-order valence-corrected chi connectivity index (χ0v) is 12.7. The molecule has 3 aromatic rings. The summed E-state index contributed by atoms with van der Waals surface area (Å²) in [7, 11) is 0. The number of fused-ring (bicyclic) bond motifs is 2. The van der Waals surface area contributed by atoms with E-state index < -0.39 is 18.0 Å². The quantitative estimate of drug-likeness (QED) is 0.334. The third kappa shape index (κ3) is 2.62. The molecule has 116 valence electrons. The molecule has 0 aliphatic rings. The van der Waals surface area contributed by atoms with Crippen molar-refractivity contribution in [1.29, 1.82) is 5.41 Å². The van der Waals surface area contributed by atoms with Gasteiger partial charge in [-0.2, -0.15) is 0 Å². The zero-order valence-electron chi connectivity index (χ0n) is 11.9. The molecule has 1 aromatic heterocycles. The summed E-state index contributed by atoms with van der Waals surface area (Å²) in [5.41, 5.74) is 5.36. The van der Waals surface area contributed by atoms with E-state index in [0.717, 1.165) is 4.70 Å². The van der Waals surface area contributed by atoms with Gasteiger partial charge in [0.05, 0.1) is 0 Å². The summed E-state index contributed by atoms with van der Waals surface area (Å²) in [6.45, 7) is 0. The van der Waals surface area contributed by atoms with E-state index >= 15 is 0 Å². The van der Waals surface area contributed by atoms with E-state index in [9.17, 15) is 14.7 Å². The van der Waals surface area contributed by atoms with Gasteiger partial charge in [-0.25, -0.2) is 4.79 Å². The van der Waals surface area contributed by atoms with Gasteiger partial charge in [0.1, 0.15) is 0 Å². The van der Waals surface area contributed by atoms with Gasteiger partial charge in [-0.05, 0) is 23.8 Å². The molecule has 1 unspecified atom stereocenters. The minimum Gasteiger partial charge on any atom is -0.479 e. The Labute approximate surface area is 134 Å². The van der Waals surface area contributed by atoms with E-state index in [1.54, 1.807) is 30.3 Å². The molecule has 7 heteroatoms. The third-order valence-electron chi connectivity index (χ3n) is 3.49. The molecule has 0 aliphatic carbocycles. The molecule has 0 saturated carbocycles. The van der Waals surface area contributed by atoms with Crippen molar-refractivity contribution >= 4 is 43.4 Å². The fraction of sp³-hybridized carbons (Fsp3) is 0.0625. The number of guanidine groups is 1. The van der Waals surface area contributed by atoms with Crippen LogP contribution in [0.15, 0.2) is 47.3 Å². The van der Waals surface area contributed by atoms with Gasteiger partial charge in [-0.3, -0.25) is 10.2 Å². The van der Waals surface area contributed by atoms with Crippen molar-refractivity contribution in [2.45, 2.75) is 6.04 Å². The molecule has 3 rings (SSSR count). The van der Waals surface area contributed by atoms with Crippen LogP contribution in [0.25, 0.3) is 20.2 Å². The van der Waals surface area contributed by atoms with Crippen LogP contribution in [-0.4, -0.2) is 17.0 Å². The van der Waals surface area contributed by atoms with Gasteiger partial charge in [-0.1, -0.05) is 24.3 Å². The number of aliphatic carboxylic acids is 1. The largest absolute Gasteiger partial charge is 0.479 e. The number of benzene rings is 2. The first-order valence-electron chi connectivity index (χ1n) is 6.77. The molecule has 0 amide bonds. The predicted molar refractivity (Wildman–Crippen MR) is 91.0 cm³/mol. The summed E-state index contributed by atoms with van der Waals surface area (Å²) < 4.78 is 1.54. The first-order valence-corrected chi connectivity index (χ1v) is 7.58. The van der Waals surface area contributed by atoms with Crippen LogP contribution in [0.1, 0.15) is 11.6 Å². The second kappa shape index (κ2) is 5.69. The Bertz CT molecular complexity index is 997. The maximum absolute atomic E-state index is 12.8. The van der Waals surface area contributed by atoms with E-state index in [-0.39, 0.29) is 5.43 Å². The summed E-state index contributed by atoms with van der Waals surface area (Å²) in [6.07, 6.45) is 0.